The van der Waals surface area contributed by atoms with Gasteiger partial charge in [0.2, 0.25) is 0 Å². The highest BCUT2D eigenvalue weighted by Crippen LogP contribution is 2.19. The summed E-state index contributed by atoms with van der Waals surface area (Å²) >= 11 is 0. The zero-order valence-electron chi connectivity index (χ0n) is 18.0. The van der Waals surface area contributed by atoms with Gasteiger partial charge >= 0.3 is 0 Å². The van der Waals surface area contributed by atoms with Crippen LogP contribution in [0.1, 0.15) is 23.6 Å². The molecular weight excluding hydrogens is 518 g/mol. The second-order valence-electron chi connectivity index (χ2n) is 7.41. The molecule has 0 bridgehead atoms. The van der Waals surface area contributed by atoms with E-state index in [0.29, 0.717) is 13.1 Å². The largest absolute Gasteiger partial charge is 0.361 e. The molecule has 0 unspecified atom stereocenters. The van der Waals surface area contributed by atoms with E-state index in [9.17, 15) is 4.39 Å². The molecule has 4 rings (SSSR count). The monoisotopic (exact) mass is 546 g/mol. The van der Waals surface area contributed by atoms with Gasteiger partial charge < -0.3 is 15.6 Å². The van der Waals surface area contributed by atoms with E-state index in [4.69, 9.17) is 0 Å². The average molecular weight is 546 g/mol. The molecule has 0 aliphatic heterocycles. The van der Waals surface area contributed by atoms with Crippen molar-refractivity contribution in [3.63, 3.8) is 0 Å². The van der Waals surface area contributed by atoms with E-state index < -0.39 is 0 Å². The third kappa shape index (κ3) is 6.32. The highest BCUT2D eigenvalue weighted by atomic mass is 127. The number of hydrogen-bond donors (Lipinski definition) is 3. The first-order valence-corrected chi connectivity index (χ1v) is 10.5. The van der Waals surface area contributed by atoms with Gasteiger partial charge in [-0.3, -0.25) is 4.68 Å². The second kappa shape index (κ2) is 11.7. The number of aromatic amines is 1. The first-order valence-electron chi connectivity index (χ1n) is 10.5. The molecule has 0 aliphatic rings. The number of H-pyrrole nitrogens is 1. The number of guanidine groups is 1. The van der Waals surface area contributed by atoms with E-state index in [1.807, 2.05) is 48.4 Å². The number of aromatic nitrogens is 3. The van der Waals surface area contributed by atoms with Gasteiger partial charge in [-0.25, -0.2) is 9.38 Å². The number of nitrogens with one attached hydrogen (secondary N) is 3. The summed E-state index contributed by atoms with van der Waals surface area (Å²) in [6, 6.07) is 15.1. The lowest BCUT2D eigenvalue weighted by Crippen LogP contribution is -2.38. The zero-order valence-corrected chi connectivity index (χ0v) is 20.3. The molecule has 0 saturated heterocycles. The Kier molecular flexibility index (Phi) is 8.66. The van der Waals surface area contributed by atoms with Gasteiger partial charge in [-0.1, -0.05) is 30.3 Å². The summed E-state index contributed by atoms with van der Waals surface area (Å²) in [5.74, 6) is 0.536. The van der Waals surface area contributed by atoms with Gasteiger partial charge in [0, 0.05) is 41.9 Å². The standard InChI is InChI=1S/C24H27FN6.HI/c1-2-26-24(27-11-10-20-15-28-23-9-8-21(25)12-22(20)23)29-13-19-14-30-31(17-19)16-18-6-4-3-5-7-18;/h3-9,12,14-15,17,28H,2,10-11,13,16H2,1H3,(H2,26,27,29);1H. The van der Waals surface area contributed by atoms with Crippen LogP contribution in [0.3, 0.4) is 0 Å². The minimum absolute atomic E-state index is 0. The van der Waals surface area contributed by atoms with Gasteiger partial charge in [0.25, 0.3) is 0 Å². The number of aliphatic imine (C=N–C) groups is 1. The highest BCUT2D eigenvalue weighted by Gasteiger charge is 2.06. The molecule has 0 aliphatic carbocycles. The molecule has 2 aromatic heterocycles. The maximum atomic E-state index is 13.6. The van der Waals surface area contributed by atoms with Gasteiger partial charge in [0.1, 0.15) is 5.82 Å². The molecule has 8 heteroatoms. The number of nitrogens with zero attached hydrogens (tertiary/aromatic N) is 3. The summed E-state index contributed by atoms with van der Waals surface area (Å²) in [6.07, 6.45) is 6.59. The van der Waals surface area contributed by atoms with Crippen LogP contribution in [0.5, 0.6) is 0 Å². The first kappa shape index (κ1) is 23.8. The van der Waals surface area contributed by atoms with Crippen LogP contribution in [0.4, 0.5) is 4.39 Å². The summed E-state index contributed by atoms with van der Waals surface area (Å²) in [6.45, 7) is 4.80. The minimum atomic E-state index is -0.218. The maximum Gasteiger partial charge on any atom is 0.191 e. The lowest BCUT2D eigenvalue weighted by Gasteiger charge is -2.10. The summed E-state index contributed by atoms with van der Waals surface area (Å²) in [4.78, 5) is 7.87. The molecule has 32 heavy (non-hydrogen) atoms. The molecular formula is C24H28FIN6. The Balaban J connectivity index is 0.00000289. The minimum Gasteiger partial charge on any atom is -0.361 e. The predicted octanol–water partition coefficient (Wildman–Crippen LogP) is 4.47. The Hall–Kier alpha value is -2.88. The molecule has 0 atom stereocenters. The third-order valence-corrected chi connectivity index (χ3v) is 5.05. The quantitative estimate of drug-likeness (QED) is 0.174. The summed E-state index contributed by atoms with van der Waals surface area (Å²) in [7, 11) is 0. The van der Waals surface area contributed by atoms with E-state index in [0.717, 1.165) is 47.5 Å². The maximum absolute atomic E-state index is 13.6. The number of rotatable bonds is 8. The molecule has 0 fully saturated rings. The molecule has 3 N–H and O–H groups in total. The van der Waals surface area contributed by atoms with E-state index >= 15 is 0 Å². The van der Waals surface area contributed by atoms with E-state index in [1.54, 1.807) is 12.1 Å². The molecule has 0 amide bonds. The number of fused-ring (bicyclic) bond motifs is 1. The molecule has 168 valence electrons. The fraction of sp³-hybridized carbons (Fsp3) is 0.250. The Morgan fingerprint density at radius 2 is 1.97 bits per heavy atom. The van der Waals surface area contributed by atoms with Crippen LogP contribution >= 0.6 is 24.0 Å². The third-order valence-electron chi connectivity index (χ3n) is 5.05. The van der Waals surface area contributed by atoms with Crippen molar-refractivity contribution in [1.29, 1.82) is 0 Å². The van der Waals surface area contributed by atoms with Gasteiger partial charge in [-0.15, -0.1) is 24.0 Å². The van der Waals surface area contributed by atoms with Crippen molar-refractivity contribution in [3.05, 3.63) is 89.6 Å². The Morgan fingerprint density at radius 1 is 1.12 bits per heavy atom. The van der Waals surface area contributed by atoms with Crippen LogP contribution in [-0.2, 0) is 19.5 Å². The Morgan fingerprint density at radius 3 is 2.78 bits per heavy atom. The van der Waals surface area contributed by atoms with Crippen molar-refractivity contribution >= 4 is 40.8 Å². The highest BCUT2D eigenvalue weighted by molar-refractivity contribution is 14.0. The lowest BCUT2D eigenvalue weighted by atomic mass is 10.1. The average Bonchev–Trinajstić information content (AvgIpc) is 3.39. The summed E-state index contributed by atoms with van der Waals surface area (Å²) in [5.41, 5.74) is 4.30. The SMILES string of the molecule is CCNC(=NCc1cnn(Cc2ccccc2)c1)NCCc1c[nH]c2ccc(F)cc12.I. The van der Waals surface area contributed by atoms with E-state index in [1.165, 1.54) is 11.6 Å². The number of hydrogen-bond acceptors (Lipinski definition) is 2. The molecule has 2 aromatic carbocycles. The predicted molar refractivity (Wildman–Crippen MR) is 138 cm³/mol. The van der Waals surface area contributed by atoms with E-state index in [2.05, 4.69) is 37.8 Å². The lowest BCUT2D eigenvalue weighted by molar-refractivity contribution is 0.629. The molecule has 0 saturated carbocycles. The van der Waals surface area contributed by atoms with Crippen LogP contribution in [0.25, 0.3) is 10.9 Å². The fourth-order valence-electron chi connectivity index (χ4n) is 3.53. The van der Waals surface area contributed by atoms with Gasteiger partial charge in [0.15, 0.2) is 5.96 Å². The number of halogens is 2. The van der Waals surface area contributed by atoms with Crippen LogP contribution in [0.15, 0.2) is 72.1 Å². The van der Waals surface area contributed by atoms with Gasteiger partial charge in [-0.2, -0.15) is 5.10 Å². The van der Waals surface area contributed by atoms with Crippen molar-refractivity contribution in [3.8, 4) is 0 Å². The Labute approximate surface area is 204 Å². The van der Waals surface area contributed by atoms with Gasteiger partial charge in [-0.05, 0) is 42.7 Å². The molecule has 2 heterocycles. The summed E-state index contributed by atoms with van der Waals surface area (Å²) < 4.78 is 15.5. The van der Waals surface area contributed by atoms with Gasteiger partial charge in [0.05, 0.1) is 19.3 Å². The zero-order chi connectivity index (χ0) is 21.5. The van der Waals surface area contributed by atoms with Crippen molar-refractivity contribution in [2.45, 2.75) is 26.4 Å². The van der Waals surface area contributed by atoms with Crippen LogP contribution in [0, 0.1) is 5.82 Å². The second-order valence-corrected chi connectivity index (χ2v) is 7.41. The molecule has 6 nitrogen and oxygen atoms in total. The van der Waals surface area contributed by atoms with Crippen molar-refractivity contribution in [1.82, 2.24) is 25.4 Å². The fourth-order valence-corrected chi connectivity index (χ4v) is 3.53. The molecule has 0 spiro atoms. The first-order chi connectivity index (χ1) is 15.2. The summed E-state index contributed by atoms with van der Waals surface area (Å²) in [5, 5.41) is 12.0. The normalized spacial score (nSPS) is 11.4. The molecule has 4 aromatic rings. The molecule has 0 radical (unpaired) electrons. The van der Waals surface area contributed by atoms with E-state index in [-0.39, 0.29) is 29.8 Å². The van der Waals surface area contributed by atoms with Crippen molar-refractivity contribution < 1.29 is 4.39 Å². The topological polar surface area (TPSA) is 70.0 Å². The van der Waals surface area contributed by atoms with Crippen molar-refractivity contribution in [2.24, 2.45) is 4.99 Å². The van der Waals surface area contributed by atoms with Crippen LogP contribution < -0.4 is 10.6 Å². The smallest absolute Gasteiger partial charge is 0.191 e. The Bertz CT molecular complexity index is 1150. The van der Waals surface area contributed by atoms with Crippen LogP contribution in [-0.4, -0.2) is 33.8 Å². The van der Waals surface area contributed by atoms with Crippen LogP contribution in [0.2, 0.25) is 0 Å². The van der Waals surface area contributed by atoms with Crippen molar-refractivity contribution in [2.75, 3.05) is 13.1 Å². The number of benzene rings is 2.